The molecule has 1 aromatic carbocycles. The number of halogens is 2. The van der Waals surface area contributed by atoms with Crippen molar-refractivity contribution in [2.75, 3.05) is 6.54 Å². The van der Waals surface area contributed by atoms with E-state index in [-0.39, 0.29) is 18.3 Å². The SMILES string of the molecule is CCCC1(CNC(=O)C(C)(N)c2ccc(Br)cc2)CC1.Cl. The molecule has 0 radical (unpaired) electrons. The van der Waals surface area contributed by atoms with E-state index in [0.717, 1.165) is 16.6 Å². The maximum Gasteiger partial charge on any atom is 0.244 e. The first kappa shape index (κ1) is 18.5. The highest BCUT2D eigenvalue weighted by Gasteiger charge is 2.42. The third-order valence-corrected chi connectivity index (χ3v) is 4.81. The fraction of sp³-hybridized carbons (Fsp3) is 0.562. The van der Waals surface area contributed by atoms with Crippen LogP contribution in [0.15, 0.2) is 28.7 Å². The van der Waals surface area contributed by atoms with Crippen molar-refractivity contribution in [2.45, 2.75) is 45.1 Å². The van der Waals surface area contributed by atoms with Crippen LogP contribution < -0.4 is 11.1 Å². The maximum atomic E-state index is 12.4. The summed E-state index contributed by atoms with van der Waals surface area (Å²) < 4.78 is 0.984. The number of benzene rings is 1. The van der Waals surface area contributed by atoms with Gasteiger partial charge in [-0.05, 0) is 49.3 Å². The highest BCUT2D eigenvalue weighted by atomic mass is 79.9. The minimum atomic E-state index is -0.983. The third-order valence-electron chi connectivity index (χ3n) is 4.28. The van der Waals surface area contributed by atoms with Crippen LogP contribution in [0.2, 0.25) is 0 Å². The molecule has 1 aliphatic rings. The highest BCUT2D eigenvalue weighted by Crippen LogP contribution is 2.49. The van der Waals surface area contributed by atoms with Crippen molar-refractivity contribution in [3.8, 4) is 0 Å². The van der Waals surface area contributed by atoms with Crippen molar-refractivity contribution in [1.82, 2.24) is 5.32 Å². The Morgan fingerprint density at radius 2 is 1.95 bits per heavy atom. The number of nitrogens with one attached hydrogen (secondary N) is 1. The van der Waals surface area contributed by atoms with E-state index in [1.807, 2.05) is 24.3 Å². The molecule has 118 valence electrons. The second kappa shape index (κ2) is 7.12. The van der Waals surface area contributed by atoms with E-state index in [1.165, 1.54) is 25.7 Å². The third kappa shape index (κ3) is 4.44. The molecule has 1 amide bonds. The summed E-state index contributed by atoms with van der Waals surface area (Å²) in [6.07, 6.45) is 4.80. The standard InChI is InChI=1S/C16H23BrN2O.ClH/c1-3-8-16(9-10-16)11-19-14(20)15(2,18)12-4-6-13(17)7-5-12;/h4-7H,3,8-11,18H2,1-2H3,(H,19,20);1H. The quantitative estimate of drug-likeness (QED) is 0.795. The molecule has 1 unspecified atom stereocenters. The molecule has 0 spiro atoms. The summed E-state index contributed by atoms with van der Waals surface area (Å²) in [6, 6.07) is 7.60. The van der Waals surface area contributed by atoms with E-state index in [9.17, 15) is 4.79 Å². The monoisotopic (exact) mass is 374 g/mol. The molecular formula is C16H24BrClN2O. The molecule has 1 atom stereocenters. The lowest BCUT2D eigenvalue weighted by Gasteiger charge is -2.26. The zero-order valence-electron chi connectivity index (χ0n) is 12.6. The van der Waals surface area contributed by atoms with Crippen LogP contribution in [0.3, 0.4) is 0 Å². The summed E-state index contributed by atoms with van der Waals surface area (Å²) in [5.41, 5.74) is 6.42. The molecule has 0 heterocycles. The number of rotatable bonds is 6. The number of hydrogen-bond donors (Lipinski definition) is 2. The Balaban J connectivity index is 0.00000220. The molecule has 1 aliphatic carbocycles. The molecule has 21 heavy (non-hydrogen) atoms. The molecule has 2 rings (SSSR count). The van der Waals surface area contributed by atoms with Crippen LogP contribution in [0.4, 0.5) is 0 Å². The number of nitrogens with two attached hydrogens (primary N) is 1. The van der Waals surface area contributed by atoms with Gasteiger partial charge in [0.2, 0.25) is 5.91 Å². The lowest BCUT2D eigenvalue weighted by molar-refractivity contribution is -0.126. The van der Waals surface area contributed by atoms with Gasteiger partial charge in [-0.1, -0.05) is 41.4 Å². The second-order valence-electron chi connectivity index (χ2n) is 6.14. The molecule has 3 nitrogen and oxygen atoms in total. The van der Waals surface area contributed by atoms with Gasteiger partial charge in [-0.3, -0.25) is 4.79 Å². The van der Waals surface area contributed by atoms with Crippen molar-refractivity contribution < 1.29 is 4.79 Å². The zero-order valence-corrected chi connectivity index (χ0v) is 15.0. The molecule has 1 saturated carbocycles. The first-order valence-electron chi connectivity index (χ1n) is 7.23. The molecule has 0 aromatic heterocycles. The van der Waals surface area contributed by atoms with E-state index in [0.29, 0.717) is 5.41 Å². The minimum Gasteiger partial charge on any atom is -0.354 e. The Bertz CT molecular complexity index is 484. The number of carbonyl (C=O) groups is 1. The van der Waals surface area contributed by atoms with E-state index in [4.69, 9.17) is 5.73 Å². The van der Waals surface area contributed by atoms with Crippen molar-refractivity contribution in [2.24, 2.45) is 11.1 Å². The van der Waals surface area contributed by atoms with Gasteiger partial charge >= 0.3 is 0 Å². The van der Waals surface area contributed by atoms with Gasteiger partial charge in [-0.15, -0.1) is 12.4 Å². The topological polar surface area (TPSA) is 55.1 Å². The molecule has 0 saturated heterocycles. The second-order valence-corrected chi connectivity index (χ2v) is 7.06. The summed E-state index contributed by atoms with van der Waals surface area (Å²) in [4.78, 5) is 12.4. The number of carbonyl (C=O) groups excluding carboxylic acids is 1. The average Bonchev–Trinajstić information content (AvgIpc) is 3.17. The van der Waals surface area contributed by atoms with Gasteiger partial charge in [0, 0.05) is 11.0 Å². The van der Waals surface area contributed by atoms with Crippen molar-refractivity contribution in [1.29, 1.82) is 0 Å². The minimum absolute atomic E-state index is 0. The van der Waals surface area contributed by atoms with Crippen molar-refractivity contribution >= 4 is 34.2 Å². The summed E-state index contributed by atoms with van der Waals surface area (Å²) in [5, 5.41) is 3.05. The molecule has 5 heteroatoms. The van der Waals surface area contributed by atoms with Gasteiger partial charge in [-0.2, -0.15) is 0 Å². The van der Waals surface area contributed by atoms with Gasteiger partial charge in [0.25, 0.3) is 0 Å². The Labute approximate surface area is 141 Å². The molecule has 0 aliphatic heterocycles. The van der Waals surface area contributed by atoms with E-state index >= 15 is 0 Å². The Kier molecular flexibility index (Phi) is 6.26. The van der Waals surface area contributed by atoms with E-state index < -0.39 is 5.54 Å². The normalized spacial score (nSPS) is 18.3. The zero-order chi connectivity index (χ0) is 14.8. The van der Waals surface area contributed by atoms with Gasteiger partial charge < -0.3 is 11.1 Å². The number of hydrogen-bond acceptors (Lipinski definition) is 2. The highest BCUT2D eigenvalue weighted by molar-refractivity contribution is 9.10. The van der Waals surface area contributed by atoms with Gasteiger partial charge in [0.15, 0.2) is 0 Å². The fourth-order valence-corrected chi connectivity index (χ4v) is 2.87. The van der Waals surface area contributed by atoms with Gasteiger partial charge in [0.1, 0.15) is 5.54 Å². The van der Waals surface area contributed by atoms with Crippen LogP contribution in [0.5, 0.6) is 0 Å². The van der Waals surface area contributed by atoms with Crippen LogP contribution in [0.1, 0.15) is 45.1 Å². The molecule has 3 N–H and O–H groups in total. The van der Waals surface area contributed by atoms with Crippen molar-refractivity contribution in [3.05, 3.63) is 34.3 Å². The van der Waals surface area contributed by atoms with E-state index in [1.54, 1.807) is 6.92 Å². The van der Waals surface area contributed by atoms with E-state index in [2.05, 4.69) is 28.2 Å². The summed E-state index contributed by atoms with van der Waals surface area (Å²) in [7, 11) is 0. The largest absolute Gasteiger partial charge is 0.354 e. The predicted molar refractivity (Wildman–Crippen MR) is 92.5 cm³/mol. The van der Waals surface area contributed by atoms with Crippen LogP contribution in [-0.4, -0.2) is 12.5 Å². The Morgan fingerprint density at radius 1 is 1.38 bits per heavy atom. The molecule has 1 aromatic rings. The summed E-state index contributed by atoms with van der Waals surface area (Å²) in [6.45, 7) is 4.71. The lowest BCUT2D eigenvalue weighted by Crippen LogP contribution is -2.50. The molecule has 1 fully saturated rings. The van der Waals surface area contributed by atoms with Gasteiger partial charge in [0.05, 0.1) is 0 Å². The average molecular weight is 376 g/mol. The summed E-state index contributed by atoms with van der Waals surface area (Å²) in [5.74, 6) is -0.0952. The van der Waals surface area contributed by atoms with Crippen LogP contribution in [0, 0.1) is 5.41 Å². The number of amides is 1. The smallest absolute Gasteiger partial charge is 0.244 e. The van der Waals surface area contributed by atoms with Crippen LogP contribution in [-0.2, 0) is 10.3 Å². The Hall–Kier alpha value is -0.580. The van der Waals surface area contributed by atoms with Crippen molar-refractivity contribution in [3.63, 3.8) is 0 Å². The first-order chi connectivity index (χ1) is 9.39. The van der Waals surface area contributed by atoms with Crippen LogP contribution >= 0.6 is 28.3 Å². The molecule has 0 bridgehead atoms. The first-order valence-corrected chi connectivity index (χ1v) is 8.02. The summed E-state index contributed by atoms with van der Waals surface area (Å²) >= 11 is 3.39. The van der Waals surface area contributed by atoms with Crippen LogP contribution in [0.25, 0.3) is 0 Å². The fourth-order valence-electron chi connectivity index (χ4n) is 2.60. The maximum absolute atomic E-state index is 12.4. The Morgan fingerprint density at radius 3 is 2.43 bits per heavy atom. The predicted octanol–water partition coefficient (Wildman–Crippen LogP) is 3.74. The van der Waals surface area contributed by atoms with Gasteiger partial charge in [-0.25, -0.2) is 0 Å². The lowest BCUT2D eigenvalue weighted by atomic mass is 9.91. The molecular weight excluding hydrogens is 352 g/mol.